The summed E-state index contributed by atoms with van der Waals surface area (Å²) < 4.78 is 0. The van der Waals surface area contributed by atoms with Gasteiger partial charge in [0, 0.05) is 6.07 Å². The van der Waals surface area contributed by atoms with Crippen molar-refractivity contribution in [2.24, 2.45) is 0 Å². The van der Waals surface area contributed by atoms with E-state index in [-0.39, 0.29) is 11.4 Å². The van der Waals surface area contributed by atoms with Crippen molar-refractivity contribution in [1.82, 2.24) is 0 Å². The van der Waals surface area contributed by atoms with Crippen molar-refractivity contribution >= 4 is 21.6 Å². The number of nitriles is 1. The van der Waals surface area contributed by atoms with E-state index in [2.05, 4.69) is 15.9 Å². The Labute approximate surface area is 95.2 Å². The van der Waals surface area contributed by atoms with E-state index in [1.165, 1.54) is 12.1 Å². The maximum Gasteiger partial charge on any atom is 0.273 e. The molecule has 0 spiro atoms. The lowest BCUT2D eigenvalue weighted by molar-refractivity contribution is -0.385. The summed E-state index contributed by atoms with van der Waals surface area (Å²) >= 11 is 2.89. The number of nitro groups is 1. The van der Waals surface area contributed by atoms with Crippen LogP contribution in [0, 0.1) is 28.4 Å². The number of aryl methyl sites for hydroxylation is 1. The molecule has 6 heteroatoms. The van der Waals surface area contributed by atoms with Crippen molar-refractivity contribution < 1.29 is 10.0 Å². The van der Waals surface area contributed by atoms with Gasteiger partial charge < -0.3 is 5.11 Å². The highest BCUT2D eigenvalue weighted by molar-refractivity contribution is 9.09. The van der Waals surface area contributed by atoms with Gasteiger partial charge >= 0.3 is 0 Å². The van der Waals surface area contributed by atoms with Crippen molar-refractivity contribution in [3.05, 3.63) is 33.9 Å². The minimum absolute atomic E-state index is 0.0725. The van der Waals surface area contributed by atoms with E-state index in [0.29, 0.717) is 10.9 Å². The van der Waals surface area contributed by atoms with E-state index in [1.807, 2.05) is 6.07 Å². The molecule has 0 aliphatic carbocycles. The minimum atomic E-state index is -0.535. The summed E-state index contributed by atoms with van der Waals surface area (Å²) in [4.78, 5) is 9.66. The zero-order valence-electron chi connectivity index (χ0n) is 7.98. The van der Waals surface area contributed by atoms with E-state index in [0.717, 1.165) is 6.07 Å². The lowest BCUT2D eigenvalue weighted by Gasteiger charge is -1.94. The van der Waals surface area contributed by atoms with Gasteiger partial charge in [0.05, 0.1) is 22.4 Å². The molecule has 0 radical (unpaired) electrons. The maximum absolute atomic E-state index is 10.2. The third kappa shape index (κ3) is 5.65. The first kappa shape index (κ1) is 13.4. The summed E-state index contributed by atoms with van der Waals surface area (Å²) in [5.74, 6) is -0.0725. The Balaban J connectivity index is 0.000000423. The molecule has 1 aromatic carbocycles. The number of nitro benzene ring substituents is 1. The molecule has 0 aliphatic rings. The van der Waals surface area contributed by atoms with E-state index in [4.69, 9.17) is 10.4 Å². The predicted molar refractivity (Wildman–Crippen MR) is 58.9 cm³/mol. The first-order valence-electron chi connectivity index (χ1n) is 3.89. The van der Waals surface area contributed by atoms with Crippen LogP contribution in [0.4, 0.5) is 5.69 Å². The molecule has 0 heterocycles. The van der Waals surface area contributed by atoms with Crippen molar-refractivity contribution in [1.29, 1.82) is 5.26 Å². The summed E-state index contributed by atoms with van der Waals surface area (Å²) in [6.07, 6.45) is 0. The van der Waals surface area contributed by atoms with Crippen molar-refractivity contribution in [3.63, 3.8) is 0 Å². The molecule has 0 atom stereocenters. The van der Waals surface area contributed by atoms with Gasteiger partial charge in [-0.2, -0.15) is 5.26 Å². The second-order valence-corrected chi connectivity index (χ2v) is 3.14. The van der Waals surface area contributed by atoms with Crippen molar-refractivity contribution in [2.45, 2.75) is 6.92 Å². The van der Waals surface area contributed by atoms with Gasteiger partial charge in [-0.1, -0.05) is 15.9 Å². The Bertz CT molecular complexity index is 367. The van der Waals surface area contributed by atoms with Gasteiger partial charge in [0.1, 0.15) is 5.75 Å². The molecule has 0 fully saturated rings. The largest absolute Gasteiger partial charge is 0.508 e. The minimum Gasteiger partial charge on any atom is -0.508 e. The highest BCUT2D eigenvalue weighted by atomic mass is 79.9. The first-order chi connectivity index (χ1) is 7.01. The molecule has 0 saturated heterocycles. The Hall–Kier alpha value is -1.61. The molecule has 80 valence electrons. The summed E-state index contributed by atoms with van der Waals surface area (Å²) in [5, 5.41) is 27.2. The van der Waals surface area contributed by atoms with Crippen LogP contribution in [0.15, 0.2) is 18.2 Å². The van der Waals surface area contributed by atoms with Gasteiger partial charge in [-0.15, -0.1) is 0 Å². The topological polar surface area (TPSA) is 87.2 Å². The number of nitrogens with zero attached hydrogens (tertiary/aromatic N) is 2. The molecule has 0 unspecified atom stereocenters. The number of halogens is 1. The fourth-order valence-electron chi connectivity index (χ4n) is 0.848. The molecule has 5 nitrogen and oxygen atoms in total. The average Bonchev–Trinajstić information content (AvgIpc) is 2.16. The van der Waals surface area contributed by atoms with Gasteiger partial charge in [-0.3, -0.25) is 10.1 Å². The maximum atomic E-state index is 10.2. The molecule has 0 aromatic heterocycles. The molecular formula is C9H9BrN2O3. The normalized spacial score (nSPS) is 8.33. The Morgan fingerprint density at radius 3 is 2.47 bits per heavy atom. The van der Waals surface area contributed by atoms with Crippen LogP contribution in [0.1, 0.15) is 5.56 Å². The molecule has 1 aromatic rings. The Morgan fingerprint density at radius 1 is 1.60 bits per heavy atom. The third-order valence-electron chi connectivity index (χ3n) is 1.32. The number of aromatic hydroxyl groups is 1. The number of benzene rings is 1. The fraction of sp³-hybridized carbons (Fsp3) is 0.222. The zero-order valence-corrected chi connectivity index (χ0v) is 9.56. The SMILES string of the molecule is Cc1cc(O)cc([N+](=O)[O-])c1.N#CCBr. The molecule has 0 bridgehead atoms. The predicted octanol–water partition coefficient (Wildman–Crippen LogP) is 2.51. The molecule has 1 rings (SSSR count). The highest BCUT2D eigenvalue weighted by Crippen LogP contribution is 2.20. The molecule has 0 amide bonds. The number of hydrogen-bond donors (Lipinski definition) is 1. The number of non-ortho nitro benzene ring substituents is 1. The smallest absolute Gasteiger partial charge is 0.273 e. The number of phenols is 1. The lowest BCUT2D eigenvalue weighted by Crippen LogP contribution is -1.87. The number of phenolic OH excluding ortho intramolecular Hbond substituents is 1. The van der Waals surface area contributed by atoms with E-state index >= 15 is 0 Å². The van der Waals surface area contributed by atoms with Gasteiger partial charge in [0.25, 0.3) is 5.69 Å². The average molecular weight is 273 g/mol. The van der Waals surface area contributed by atoms with Crippen LogP contribution in [-0.2, 0) is 0 Å². The molecule has 15 heavy (non-hydrogen) atoms. The van der Waals surface area contributed by atoms with E-state index < -0.39 is 4.92 Å². The third-order valence-corrected chi connectivity index (χ3v) is 1.57. The van der Waals surface area contributed by atoms with Crippen LogP contribution in [0.3, 0.4) is 0 Å². The number of alkyl halides is 1. The standard InChI is InChI=1S/C7H7NO3.C2H2BrN/c1-5-2-6(8(10)11)4-7(9)3-5;3-1-2-4/h2-4,9H,1H3;1H2. The fourth-order valence-corrected chi connectivity index (χ4v) is 0.848. The van der Waals surface area contributed by atoms with Crippen LogP contribution < -0.4 is 0 Å². The van der Waals surface area contributed by atoms with E-state index in [9.17, 15) is 10.1 Å². The van der Waals surface area contributed by atoms with Crippen molar-refractivity contribution in [3.8, 4) is 11.8 Å². The monoisotopic (exact) mass is 272 g/mol. The second kappa shape index (κ2) is 6.79. The lowest BCUT2D eigenvalue weighted by atomic mass is 10.2. The summed E-state index contributed by atoms with van der Waals surface area (Å²) in [7, 11) is 0. The van der Waals surface area contributed by atoms with Gasteiger partial charge in [-0.25, -0.2) is 0 Å². The number of rotatable bonds is 1. The molecule has 1 N–H and O–H groups in total. The Morgan fingerprint density at radius 2 is 2.13 bits per heavy atom. The van der Waals surface area contributed by atoms with Crippen LogP contribution in [0.5, 0.6) is 5.75 Å². The quantitative estimate of drug-likeness (QED) is 0.483. The van der Waals surface area contributed by atoms with Crippen LogP contribution in [0.2, 0.25) is 0 Å². The summed E-state index contributed by atoms with van der Waals surface area (Å²) in [6.45, 7) is 1.69. The van der Waals surface area contributed by atoms with Gasteiger partial charge in [0.15, 0.2) is 0 Å². The second-order valence-electron chi connectivity index (χ2n) is 2.58. The molecule has 0 aliphatic heterocycles. The van der Waals surface area contributed by atoms with E-state index in [1.54, 1.807) is 6.92 Å². The van der Waals surface area contributed by atoms with Gasteiger partial charge in [-0.05, 0) is 18.6 Å². The molecule has 0 saturated carbocycles. The zero-order chi connectivity index (χ0) is 11.8. The summed E-state index contributed by atoms with van der Waals surface area (Å²) in [6, 6.07) is 5.83. The van der Waals surface area contributed by atoms with Crippen LogP contribution in [-0.4, -0.2) is 15.4 Å². The van der Waals surface area contributed by atoms with Crippen LogP contribution >= 0.6 is 15.9 Å². The molecular weight excluding hydrogens is 264 g/mol. The number of hydrogen-bond acceptors (Lipinski definition) is 4. The Kier molecular flexibility index (Phi) is 6.06. The highest BCUT2D eigenvalue weighted by Gasteiger charge is 2.06. The first-order valence-corrected chi connectivity index (χ1v) is 5.01. The van der Waals surface area contributed by atoms with Crippen molar-refractivity contribution in [2.75, 3.05) is 5.33 Å². The summed E-state index contributed by atoms with van der Waals surface area (Å²) in [5.41, 5.74) is 0.596. The van der Waals surface area contributed by atoms with Crippen LogP contribution in [0.25, 0.3) is 0 Å². The van der Waals surface area contributed by atoms with Gasteiger partial charge in [0.2, 0.25) is 0 Å².